The van der Waals surface area contributed by atoms with E-state index in [9.17, 15) is 4.79 Å². The Morgan fingerprint density at radius 2 is 1.93 bits per heavy atom. The van der Waals surface area contributed by atoms with Crippen LogP contribution in [-0.4, -0.2) is 30.6 Å². The van der Waals surface area contributed by atoms with Crippen LogP contribution in [0.25, 0.3) is 10.9 Å². The van der Waals surface area contributed by atoms with Gasteiger partial charge >= 0.3 is 0 Å². The minimum Gasteiger partial charge on any atom is -0.412 e. The summed E-state index contributed by atoms with van der Waals surface area (Å²) in [6, 6.07) is 4.03. The van der Waals surface area contributed by atoms with Crippen molar-refractivity contribution in [2.45, 2.75) is 137 Å². The monoisotopic (exact) mass is 604 g/mol. The highest BCUT2D eigenvalue weighted by Crippen LogP contribution is 2.65. The van der Waals surface area contributed by atoms with Crippen molar-refractivity contribution < 1.29 is 9.22 Å². The van der Waals surface area contributed by atoms with Crippen molar-refractivity contribution in [3.8, 4) is 0 Å². The predicted molar refractivity (Wildman–Crippen MR) is 181 cm³/mol. The van der Waals surface area contributed by atoms with Crippen molar-refractivity contribution in [1.82, 2.24) is 9.55 Å². The number of allylic oxidation sites excluding steroid dienone is 2. The molecule has 5 nitrogen and oxygen atoms in total. The zero-order valence-electron chi connectivity index (χ0n) is 28.8. The van der Waals surface area contributed by atoms with Gasteiger partial charge < -0.3 is 14.3 Å². The third kappa shape index (κ3) is 6.29. The molecule has 3 aliphatic carbocycles. The lowest BCUT2D eigenvalue weighted by Crippen LogP contribution is -2.58. The van der Waals surface area contributed by atoms with E-state index in [1.165, 1.54) is 38.5 Å². The molecule has 1 radical (unpaired) electrons. The molecule has 0 aliphatic heterocycles. The first kappa shape index (κ1) is 32.5. The maximum atomic E-state index is 12.9. The highest BCUT2D eigenvalue weighted by molar-refractivity contribution is 6.56. The smallest absolute Gasteiger partial charge is 0.225 e. The number of anilines is 1. The average Bonchev–Trinajstić information content (AvgIpc) is 3.28. The number of fused-ring (bicyclic) bond motifs is 4. The summed E-state index contributed by atoms with van der Waals surface area (Å²) < 4.78 is 9.24. The van der Waals surface area contributed by atoms with Gasteiger partial charge in [0.25, 0.3) is 0 Å². The summed E-state index contributed by atoms with van der Waals surface area (Å²) in [4.78, 5) is 17.4. The van der Waals surface area contributed by atoms with Gasteiger partial charge in [-0.2, -0.15) is 0 Å². The van der Waals surface area contributed by atoms with Crippen LogP contribution >= 0.6 is 0 Å². The molecule has 2 saturated carbocycles. The molecule has 6 heteroatoms. The third-order valence-corrected chi connectivity index (χ3v) is 14.9. The van der Waals surface area contributed by atoms with Crippen LogP contribution in [0.5, 0.6) is 0 Å². The van der Waals surface area contributed by atoms with Gasteiger partial charge in [0.1, 0.15) is 5.82 Å². The van der Waals surface area contributed by atoms with Gasteiger partial charge in [-0.3, -0.25) is 4.79 Å². The zero-order valence-corrected chi connectivity index (χ0v) is 29.8. The van der Waals surface area contributed by atoms with Gasteiger partial charge in [0.15, 0.2) is 0 Å². The number of amides is 1. The molecule has 43 heavy (non-hydrogen) atoms. The molecule has 2 aromatic rings. The molecule has 3 aliphatic rings. The SMILES string of the molecule is CC1=C(CCCC(=O)Nc2cc3ccn(C)c3cn2)[C@@H]2CC[C@H]3C(C)(C)[C@@H](O[Si](C(C)C)C(C)(C)C)CC[C@]3(C)[C@H]2CC1. The topological polar surface area (TPSA) is 56.2 Å². The quantitative estimate of drug-likeness (QED) is 0.241. The summed E-state index contributed by atoms with van der Waals surface area (Å²) in [7, 11) is 1.08. The van der Waals surface area contributed by atoms with Crippen molar-refractivity contribution in [2.24, 2.45) is 35.6 Å². The Bertz CT molecular complexity index is 1350. The van der Waals surface area contributed by atoms with E-state index in [0.717, 1.165) is 29.7 Å². The Kier molecular flexibility index (Phi) is 9.15. The van der Waals surface area contributed by atoms with Gasteiger partial charge in [0, 0.05) is 25.1 Å². The maximum absolute atomic E-state index is 12.9. The molecule has 2 heterocycles. The van der Waals surface area contributed by atoms with E-state index in [2.05, 4.69) is 78.7 Å². The molecule has 1 amide bonds. The van der Waals surface area contributed by atoms with Crippen LogP contribution < -0.4 is 5.32 Å². The van der Waals surface area contributed by atoms with Gasteiger partial charge in [0.05, 0.1) is 17.8 Å². The Morgan fingerprint density at radius 1 is 1.19 bits per heavy atom. The Labute approximate surface area is 263 Å². The molecule has 0 aromatic carbocycles. The highest BCUT2D eigenvalue weighted by Gasteiger charge is 2.59. The number of nitrogens with zero attached hydrogens (tertiary/aromatic N) is 2. The standard InChI is InChI=1S/C37H58N3O2Si/c1-24(2)43(35(4,5)6)42-32-18-20-37(9)29-16-14-25(3)27(28(29)15-17-31(37)36(32,7)8)12-11-13-34(41)39-33-22-26-19-21-40(10)30(26)23-38-33/h19,21-24,28-29,31-32H,11-18,20H2,1-10H3,(H,38,39,41)/t28-,29-,31-,32-,37+/m0/s1. The largest absolute Gasteiger partial charge is 0.412 e. The summed E-state index contributed by atoms with van der Waals surface area (Å²) in [5.41, 5.74) is 5.53. The van der Waals surface area contributed by atoms with Crippen LogP contribution in [0.2, 0.25) is 10.6 Å². The van der Waals surface area contributed by atoms with E-state index in [0.29, 0.717) is 41.1 Å². The van der Waals surface area contributed by atoms with Gasteiger partial charge in [-0.1, -0.05) is 66.5 Å². The Balaban J connectivity index is 1.22. The summed E-state index contributed by atoms with van der Waals surface area (Å²) in [5.74, 6) is 2.85. The van der Waals surface area contributed by atoms with Crippen LogP contribution in [0, 0.1) is 28.6 Å². The van der Waals surface area contributed by atoms with Crippen LogP contribution in [0.15, 0.2) is 35.7 Å². The molecular weight excluding hydrogens is 547 g/mol. The number of pyridine rings is 1. The maximum Gasteiger partial charge on any atom is 0.225 e. The lowest BCUT2D eigenvalue weighted by Gasteiger charge is -2.63. The van der Waals surface area contributed by atoms with Crippen molar-refractivity contribution in [3.63, 3.8) is 0 Å². The molecular formula is C37H58N3O2Si. The summed E-state index contributed by atoms with van der Waals surface area (Å²) >= 11 is 0. The average molecular weight is 605 g/mol. The number of carbonyl (C=O) groups is 1. The summed E-state index contributed by atoms with van der Waals surface area (Å²) in [5, 5.41) is 4.40. The first-order chi connectivity index (χ1) is 20.1. The number of hydrogen-bond donors (Lipinski definition) is 1. The van der Waals surface area contributed by atoms with Crippen molar-refractivity contribution in [3.05, 3.63) is 35.7 Å². The van der Waals surface area contributed by atoms with Crippen molar-refractivity contribution in [2.75, 3.05) is 5.32 Å². The third-order valence-electron chi connectivity index (χ3n) is 11.8. The molecule has 0 unspecified atom stereocenters. The number of nitrogens with one attached hydrogen (secondary N) is 1. The molecule has 0 saturated heterocycles. The predicted octanol–water partition coefficient (Wildman–Crippen LogP) is 9.85. The van der Waals surface area contributed by atoms with Crippen LogP contribution in [0.3, 0.4) is 0 Å². The summed E-state index contributed by atoms with van der Waals surface area (Å²) in [6.45, 7) is 22.0. The first-order valence-corrected chi connectivity index (χ1v) is 18.5. The fourth-order valence-electron chi connectivity index (χ4n) is 9.83. The first-order valence-electron chi connectivity index (χ1n) is 17.1. The molecule has 5 rings (SSSR count). The lowest BCUT2D eigenvalue weighted by molar-refractivity contribution is -0.144. The van der Waals surface area contributed by atoms with Crippen LogP contribution in [0.1, 0.15) is 120 Å². The molecule has 5 atom stereocenters. The fourth-order valence-corrected chi connectivity index (χ4v) is 12.9. The second-order valence-corrected chi connectivity index (χ2v) is 20.0. The van der Waals surface area contributed by atoms with E-state index < -0.39 is 9.04 Å². The van der Waals surface area contributed by atoms with E-state index in [-0.39, 0.29) is 16.4 Å². The number of rotatable bonds is 8. The van der Waals surface area contributed by atoms with Gasteiger partial charge in [-0.25, -0.2) is 4.98 Å². The Hall–Kier alpha value is -1.92. The van der Waals surface area contributed by atoms with Crippen LogP contribution in [-0.2, 0) is 16.3 Å². The second-order valence-electron chi connectivity index (χ2n) is 16.4. The molecule has 2 fully saturated rings. The highest BCUT2D eigenvalue weighted by atomic mass is 28.3. The fraction of sp³-hybridized carbons (Fsp3) is 0.730. The lowest BCUT2D eigenvalue weighted by atomic mass is 9.43. The normalized spacial score (nSPS) is 29.2. The number of hydrogen-bond acceptors (Lipinski definition) is 3. The summed E-state index contributed by atoms with van der Waals surface area (Å²) in [6.07, 6.45) is 14.4. The van der Waals surface area contributed by atoms with E-state index in [1.807, 2.05) is 30.1 Å². The van der Waals surface area contributed by atoms with Gasteiger partial charge in [-0.05, 0) is 110 Å². The molecule has 2 aromatic heterocycles. The molecule has 0 spiro atoms. The Morgan fingerprint density at radius 3 is 2.63 bits per heavy atom. The molecule has 237 valence electrons. The van der Waals surface area contributed by atoms with E-state index >= 15 is 0 Å². The van der Waals surface area contributed by atoms with E-state index in [1.54, 1.807) is 11.1 Å². The van der Waals surface area contributed by atoms with Crippen molar-refractivity contribution >= 4 is 31.7 Å². The van der Waals surface area contributed by atoms with E-state index in [4.69, 9.17) is 4.43 Å². The van der Waals surface area contributed by atoms with Crippen molar-refractivity contribution in [1.29, 1.82) is 0 Å². The van der Waals surface area contributed by atoms with Crippen LogP contribution in [0.4, 0.5) is 5.82 Å². The molecule has 1 N–H and O–H groups in total. The number of carbonyl (C=O) groups excluding carboxylic acids is 1. The number of aryl methyl sites for hydroxylation is 1. The minimum atomic E-state index is -0.932. The molecule has 0 bridgehead atoms. The second kappa shape index (κ2) is 12.1. The van der Waals surface area contributed by atoms with Gasteiger partial charge in [-0.15, -0.1) is 0 Å². The number of aromatic nitrogens is 2. The zero-order chi connectivity index (χ0) is 31.3. The minimum absolute atomic E-state index is 0.0710. The van der Waals surface area contributed by atoms with Gasteiger partial charge in [0.2, 0.25) is 14.9 Å².